The summed E-state index contributed by atoms with van der Waals surface area (Å²) in [5, 5.41) is 22.2. The second-order valence-corrected chi connectivity index (χ2v) is 5.85. The smallest absolute Gasteiger partial charge is 0.258 e. The van der Waals surface area contributed by atoms with Gasteiger partial charge in [0.25, 0.3) is 11.4 Å². The van der Waals surface area contributed by atoms with Gasteiger partial charge in [0.05, 0.1) is 15.4 Å². The molecule has 0 N–H and O–H groups in total. The maximum atomic E-state index is 12.8. The van der Waals surface area contributed by atoms with Crippen molar-refractivity contribution in [1.29, 1.82) is 0 Å². The van der Waals surface area contributed by atoms with Crippen molar-refractivity contribution in [2.75, 3.05) is 0 Å². The highest BCUT2D eigenvalue weighted by atomic mass is 32.2. The highest BCUT2D eigenvalue weighted by Gasteiger charge is 2.37. The number of rotatable bonds is 4. The summed E-state index contributed by atoms with van der Waals surface area (Å²) in [5.41, 5.74) is -2.45. The zero-order chi connectivity index (χ0) is 18.1. The van der Waals surface area contributed by atoms with Crippen molar-refractivity contribution in [2.45, 2.75) is 22.9 Å². The van der Waals surface area contributed by atoms with Gasteiger partial charge in [-0.15, -0.1) is 0 Å². The molecule has 2 aromatic rings. The molecule has 6 nitrogen and oxygen atoms in total. The van der Waals surface area contributed by atoms with Crippen LogP contribution in [-0.4, -0.2) is 9.85 Å². The van der Waals surface area contributed by atoms with Gasteiger partial charge in [-0.1, -0.05) is 29.5 Å². The van der Waals surface area contributed by atoms with E-state index in [-0.39, 0.29) is 0 Å². The fourth-order valence-corrected chi connectivity index (χ4v) is 2.85. The van der Waals surface area contributed by atoms with Crippen LogP contribution < -0.4 is 0 Å². The van der Waals surface area contributed by atoms with E-state index >= 15 is 0 Å². The fourth-order valence-electron chi connectivity index (χ4n) is 1.86. The molecule has 0 amide bonds. The first-order chi connectivity index (χ1) is 11.1. The predicted molar refractivity (Wildman–Crippen MR) is 80.1 cm³/mol. The van der Waals surface area contributed by atoms with Crippen LogP contribution in [0.1, 0.15) is 11.1 Å². The summed E-state index contributed by atoms with van der Waals surface area (Å²) < 4.78 is 38.5. The van der Waals surface area contributed by atoms with Gasteiger partial charge in [0.2, 0.25) is 0 Å². The van der Waals surface area contributed by atoms with Gasteiger partial charge in [-0.2, -0.15) is 13.2 Å². The quantitative estimate of drug-likeness (QED) is 0.568. The maximum absolute atomic E-state index is 12.8. The van der Waals surface area contributed by atoms with E-state index in [2.05, 4.69) is 0 Å². The van der Waals surface area contributed by atoms with Crippen LogP contribution in [0.3, 0.4) is 0 Å². The summed E-state index contributed by atoms with van der Waals surface area (Å²) in [6.45, 7) is 1.80. The number of nitro benzene ring substituents is 2. The summed E-state index contributed by atoms with van der Waals surface area (Å²) in [6, 6.07) is 7.14. The van der Waals surface area contributed by atoms with Gasteiger partial charge in [0, 0.05) is 17.0 Å². The number of nitrogens with zero attached hydrogens (tertiary/aromatic N) is 2. The molecule has 0 heterocycles. The number of nitro groups is 2. The van der Waals surface area contributed by atoms with Crippen molar-refractivity contribution in [3.8, 4) is 0 Å². The number of hydrogen-bond acceptors (Lipinski definition) is 5. The van der Waals surface area contributed by atoms with Crippen LogP contribution in [0.15, 0.2) is 46.2 Å². The molecule has 0 aliphatic rings. The van der Waals surface area contributed by atoms with Gasteiger partial charge in [-0.3, -0.25) is 20.2 Å². The molecule has 10 heteroatoms. The Balaban J connectivity index is 2.65. The molecule has 24 heavy (non-hydrogen) atoms. The van der Waals surface area contributed by atoms with E-state index in [4.69, 9.17) is 0 Å². The van der Waals surface area contributed by atoms with E-state index in [0.29, 0.717) is 28.8 Å². The second-order valence-electron chi connectivity index (χ2n) is 4.77. The van der Waals surface area contributed by atoms with E-state index in [9.17, 15) is 33.4 Å². The third-order valence-electron chi connectivity index (χ3n) is 3.01. The first kappa shape index (κ1) is 17.7. The number of halogens is 3. The van der Waals surface area contributed by atoms with Gasteiger partial charge in [-0.05, 0) is 19.1 Å². The molecule has 0 spiro atoms. The molecule has 0 unspecified atom stereocenters. The third-order valence-corrected chi connectivity index (χ3v) is 4.14. The molecular formula is C14H9F3N2O4S. The van der Waals surface area contributed by atoms with E-state index in [1.54, 1.807) is 31.2 Å². The molecule has 126 valence electrons. The minimum atomic E-state index is -4.93. The Bertz CT molecular complexity index is 772. The average molecular weight is 358 g/mol. The van der Waals surface area contributed by atoms with Gasteiger partial charge in [0.1, 0.15) is 0 Å². The van der Waals surface area contributed by atoms with Crippen molar-refractivity contribution < 1.29 is 23.0 Å². The van der Waals surface area contributed by atoms with Crippen LogP contribution in [0, 0.1) is 27.2 Å². The van der Waals surface area contributed by atoms with Crippen LogP contribution >= 0.6 is 11.8 Å². The Morgan fingerprint density at radius 1 is 0.958 bits per heavy atom. The lowest BCUT2D eigenvalue weighted by atomic mass is 10.1. The molecule has 0 radical (unpaired) electrons. The van der Waals surface area contributed by atoms with Gasteiger partial charge in [0.15, 0.2) is 4.90 Å². The fraction of sp³-hybridized carbons (Fsp3) is 0.143. The lowest BCUT2D eigenvalue weighted by Crippen LogP contribution is -2.08. The van der Waals surface area contributed by atoms with Crippen molar-refractivity contribution >= 4 is 23.1 Å². The summed E-state index contributed by atoms with van der Waals surface area (Å²) in [7, 11) is 0. The zero-order valence-electron chi connectivity index (χ0n) is 12.0. The Kier molecular flexibility index (Phi) is 4.78. The lowest BCUT2D eigenvalue weighted by Gasteiger charge is -2.10. The predicted octanol–water partition coefficient (Wildman–Crippen LogP) is 4.98. The zero-order valence-corrected chi connectivity index (χ0v) is 12.9. The molecule has 0 saturated carbocycles. The average Bonchev–Trinajstić information content (AvgIpc) is 2.48. The van der Waals surface area contributed by atoms with Gasteiger partial charge < -0.3 is 0 Å². The Hall–Kier alpha value is -2.62. The first-order valence-electron chi connectivity index (χ1n) is 6.38. The van der Waals surface area contributed by atoms with E-state index in [1.807, 2.05) is 0 Å². The molecule has 0 aromatic heterocycles. The molecule has 0 saturated heterocycles. The third kappa shape index (κ3) is 3.82. The van der Waals surface area contributed by atoms with Crippen molar-refractivity contribution in [3.05, 3.63) is 67.8 Å². The van der Waals surface area contributed by atoms with Crippen LogP contribution in [0.25, 0.3) is 0 Å². The SMILES string of the molecule is Cc1ccc(Sc2c([N+](=O)[O-])cc(C(F)(F)F)cc2[N+](=O)[O-])cc1. The molecule has 0 aliphatic carbocycles. The Morgan fingerprint density at radius 2 is 1.42 bits per heavy atom. The van der Waals surface area contributed by atoms with Crippen LogP contribution in [0.2, 0.25) is 0 Å². The molecule has 2 rings (SSSR count). The number of aryl methyl sites for hydroxylation is 1. The maximum Gasteiger partial charge on any atom is 0.416 e. The minimum absolute atomic E-state index is 0.309. The molecule has 2 aromatic carbocycles. The highest BCUT2D eigenvalue weighted by Crippen LogP contribution is 2.45. The topological polar surface area (TPSA) is 86.3 Å². The van der Waals surface area contributed by atoms with E-state index in [0.717, 1.165) is 5.56 Å². The van der Waals surface area contributed by atoms with Crippen LogP contribution in [0.4, 0.5) is 24.5 Å². The van der Waals surface area contributed by atoms with Gasteiger partial charge in [-0.25, -0.2) is 0 Å². The monoisotopic (exact) mass is 358 g/mol. The summed E-state index contributed by atoms with van der Waals surface area (Å²) in [5.74, 6) is 0. The number of benzene rings is 2. The minimum Gasteiger partial charge on any atom is -0.258 e. The summed E-state index contributed by atoms with van der Waals surface area (Å²) >= 11 is 0.675. The number of alkyl halides is 3. The lowest BCUT2D eigenvalue weighted by molar-refractivity contribution is -0.400. The summed E-state index contributed by atoms with van der Waals surface area (Å²) in [4.78, 5) is 20.1. The normalized spacial score (nSPS) is 11.3. The van der Waals surface area contributed by atoms with Crippen LogP contribution in [-0.2, 0) is 6.18 Å². The molecule has 0 bridgehead atoms. The Morgan fingerprint density at radius 3 is 1.79 bits per heavy atom. The van der Waals surface area contributed by atoms with Crippen molar-refractivity contribution in [2.24, 2.45) is 0 Å². The van der Waals surface area contributed by atoms with Gasteiger partial charge >= 0.3 is 6.18 Å². The standard InChI is InChI=1S/C14H9F3N2O4S/c1-8-2-4-10(5-3-8)24-13-11(18(20)21)6-9(14(15,16)17)7-12(13)19(22)23/h2-7H,1H3. The Labute approximate surface area is 137 Å². The molecule has 0 atom stereocenters. The van der Waals surface area contributed by atoms with Crippen molar-refractivity contribution in [1.82, 2.24) is 0 Å². The largest absolute Gasteiger partial charge is 0.416 e. The highest BCUT2D eigenvalue weighted by molar-refractivity contribution is 7.99. The van der Waals surface area contributed by atoms with Crippen molar-refractivity contribution in [3.63, 3.8) is 0 Å². The van der Waals surface area contributed by atoms with E-state index < -0.39 is 37.9 Å². The molecule has 0 fully saturated rings. The second kappa shape index (κ2) is 6.48. The van der Waals surface area contributed by atoms with E-state index in [1.165, 1.54) is 0 Å². The number of hydrogen-bond donors (Lipinski definition) is 0. The molecule has 0 aliphatic heterocycles. The van der Waals surface area contributed by atoms with Crippen LogP contribution in [0.5, 0.6) is 0 Å². The first-order valence-corrected chi connectivity index (χ1v) is 7.20. The summed E-state index contributed by atoms with van der Waals surface area (Å²) in [6.07, 6.45) is -4.93. The molecular weight excluding hydrogens is 349 g/mol.